The molecule has 3 N–H and O–H groups in total. The summed E-state index contributed by atoms with van der Waals surface area (Å²) in [5.74, 6) is -0.786. The molecule has 6 heteroatoms. The van der Waals surface area contributed by atoms with E-state index in [1.54, 1.807) is 6.92 Å². The molecule has 19 heavy (non-hydrogen) atoms. The molecule has 1 heterocycles. The second kappa shape index (κ2) is 7.45. The summed E-state index contributed by atoms with van der Waals surface area (Å²) in [5.41, 5.74) is 5.65. The molecule has 0 radical (unpaired) electrons. The van der Waals surface area contributed by atoms with Crippen molar-refractivity contribution < 1.29 is 14.7 Å². The zero-order chi connectivity index (χ0) is 14.4. The lowest BCUT2D eigenvalue weighted by atomic mass is 10.0. The summed E-state index contributed by atoms with van der Waals surface area (Å²) in [4.78, 5) is 26.9. The van der Waals surface area contributed by atoms with Gasteiger partial charge in [-0.15, -0.1) is 0 Å². The van der Waals surface area contributed by atoms with Crippen LogP contribution < -0.4 is 5.73 Å². The van der Waals surface area contributed by atoms with Crippen LogP contribution in [0.25, 0.3) is 0 Å². The van der Waals surface area contributed by atoms with Gasteiger partial charge in [0, 0.05) is 32.7 Å². The maximum atomic E-state index is 12.2. The lowest BCUT2D eigenvalue weighted by molar-refractivity contribution is -0.144. The fourth-order valence-electron chi connectivity index (χ4n) is 2.43. The monoisotopic (exact) mass is 271 g/mol. The standard InChI is InChI=1S/C13H25N3O3/c1-3-4-11(9-14)12(17)16-7-5-15(6-8-16)10(2)13(18)19/h10-11H,3-9,14H2,1-2H3,(H,18,19). The molecule has 0 aromatic rings. The highest BCUT2D eigenvalue weighted by Gasteiger charge is 2.29. The normalized spacial score (nSPS) is 20.1. The number of aliphatic carboxylic acids is 1. The molecule has 1 rings (SSSR count). The van der Waals surface area contributed by atoms with Crippen LogP contribution >= 0.6 is 0 Å². The van der Waals surface area contributed by atoms with Crippen LogP contribution in [-0.4, -0.2) is 65.5 Å². The molecule has 1 amide bonds. The Balaban J connectivity index is 2.49. The lowest BCUT2D eigenvalue weighted by Crippen LogP contribution is -2.54. The van der Waals surface area contributed by atoms with E-state index in [0.717, 1.165) is 12.8 Å². The smallest absolute Gasteiger partial charge is 0.320 e. The van der Waals surface area contributed by atoms with Crippen LogP contribution in [0, 0.1) is 5.92 Å². The Morgan fingerprint density at radius 3 is 2.26 bits per heavy atom. The van der Waals surface area contributed by atoms with E-state index in [1.807, 2.05) is 16.7 Å². The van der Waals surface area contributed by atoms with Crippen molar-refractivity contribution in [2.24, 2.45) is 11.7 Å². The van der Waals surface area contributed by atoms with Crippen LogP contribution in [0.3, 0.4) is 0 Å². The molecular formula is C13H25N3O3. The number of carboxylic acids is 1. The van der Waals surface area contributed by atoms with Gasteiger partial charge in [-0.05, 0) is 13.3 Å². The lowest BCUT2D eigenvalue weighted by Gasteiger charge is -2.37. The molecule has 2 atom stereocenters. The minimum Gasteiger partial charge on any atom is -0.480 e. The van der Waals surface area contributed by atoms with E-state index in [0.29, 0.717) is 32.7 Å². The topological polar surface area (TPSA) is 86.9 Å². The molecule has 0 bridgehead atoms. The molecule has 0 spiro atoms. The van der Waals surface area contributed by atoms with Crippen molar-refractivity contribution in [3.05, 3.63) is 0 Å². The predicted octanol–water partition coefficient (Wildman–Crippen LogP) is -0.0213. The fraction of sp³-hybridized carbons (Fsp3) is 0.846. The molecule has 0 saturated carbocycles. The van der Waals surface area contributed by atoms with Crippen molar-refractivity contribution >= 4 is 11.9 Å². The second-order valence-electron chi connectivity index (χ2n) is 5.10. The molecule has 1 aliphatic heterocycles. The first-order valence-electron chi connectivity index (χ1n) is 6.97. The third kappa shape index (κ3) is 4.18. The number of nitrogens with two attached hydrogens (primary N) is 1. The first kappa shape index (κ1) is 15.9. The van der Waals surface area contributed by atoms with Crippen LogP contribution in [0.1, 0.15) is 26.7 Å². The third-order valence-corrected chi connectivity index (χ3v) is 3.80. The average Bonchev–Trinajstić information content (AvgIpc) is 2.43. The van der Waals surface area contributed by atoms with Crippen molar-refractivity contribution in [1.29, 1.82) is 0 Å². The molecule has 110 valence electrons. The Hall–Kier alpha value is -1.14. The van der Waals surface area contributed by atoms with Gasteiger partial charge in [0.1, 0.15) is 6.04 Å². The summed E-state index contributed by atoms with van der Waals surface area (Å²) in [5, 5.41) is 8.97. The number of piperazine rings is 1. The highest BCUT2D eigenvalue weighted by molar-refractivity contribution is 5.79. The molecule has 0 aromatic heterocycles. The molecule has 0 aliphatic carbocycles. The van der Waals surface area contributed by atoms with Crippen molar-refractivity contribution in [3.63, 3.8) is 0 Å². The van der Waals surface area contributed by atoms with Crippen LogP contribution in [0.2, 0.25) is 0 Å². The Labute approximate surface area is 114 Å². The number of carbonyl (C=O) groups excluding carboxylic acids is 1. The van der Waals surface area contributed by atoms with E-state index >= 15 is 0 Å². The van der Waals surface area contributed by atoms with Gasteiger partial charge in [0.25, 0.3) is 0 Å². The summed E-state index contributed by atoms with van der Waals surface area (Å²) in [6, 6.07) is -0.488. The highest BCUT2D eigenvalue weighted by atomic mass is 16.4. The van der Waals surface area contributed by atoms with Crippen LogP contribution in [-0.2, 0) is 9.59 Å². The van der Waals surface area contributed by atoms with Gasteiger partial charge in [-0.2, -0.15) is 0 Å². The van der Waals surface area contributed by atoms with E-state index in [1.165, 1.54) is 0 Å². The first-order valence-corrected chi connectivity index (χ1v) is 6.97. The van der Waals surface area contributed by atoms with E-state index in [-0.39, 0.29) is 11.8 Å². The maximum absolute atomic E-state index is 12.2. The van der Waals surface area contributed by atoms with Crippen LogP contribution in [0.5, 0.6) is 0 Å². The number of amides is 1. The Morgan fingerprint density at radius 2 is 1.84 bits per heavy atom. The molecule has 1 fully saturated rings. The van der Waals surface area contributed by atoms with Gasteiger partial charge in [-0.25, -0.2) is 0 Å². The van der Waals surface area contributed by atoms with Crippen molar-refractivity contribution in [2.45, 2.75) is 32.7 Å². The summed E-state index contributed by atoms with van der Waals surface area (Å²) >= 11 is 0. The molecule has 0 aromatic carbocycles. The van der Waals surface area contributed by atoms with Gasteiger partial charge < -0.3 is 15.7 Å². The van der Waals surface area contributed by atoms with Gasteiger partial charge in [0.2, 0.25) is 5.91 Å². The van der Waals surface area contributed by atoms with Crippen molar-refractivity contribution in [1.82, 2.24) is 9.80 Å². The fourth-order valence-corrected chi connectivity index (χ4v) is 2.43. The Morgan fingerprint density at radius 1 is 1.26 bits per heavy atom. The summed E-state index contributed by atoms with van der Waals surface area (Å²) in [6.45, 7) is 6.53. The van der Waals surface area contributed by atoms with Gasteiger partial charge in [-0.1, -0.05) is 13.3 Å². The van der Waals surface area contributed by atoms with Crippen LogP contribution in [0.15, 0.2) is 0 Å². The summed E-state index contributed by atoms with van der Waals surface area (Å²) < 4.78 is 0. The number of rotatable bonds is 6. The third-order valence-electron chi connectivity index (χ3n) is 3.80. The summed E-state index contributed by atoms with van der Waals surface area (Å²) in [7, 11) is 0. The minimum absolute atomic E-state index is 0.0894. The predicted molar refractivity (Wildman–Crippen MR) is 72.7 cm³/mol. The first-order chi connectivity index (χ1) is 9.01. The van der Waals surface area contributed by atoms with E-state index in [4.69, 9.17) is 10.8 Å². The molecule has 1 saturated heterocycles. The number of hydrogen-bond donors (Lipinski definition) is 2. The molecular weight excluding hydrogens is 246 g/mol. The van der Waals surface area contributed by atoms with Crippen molar-refractivity contribution in [2.75, 3.05) is 32.7 Å². The molecule has 2 unspecified atom stereocenters. The Kier molecular flexibility index (Phi) is 6.24. The van der Waals surface area contributed by atoms with E-state index in [9.17, 15) is 9.59 Å². The molecule has 6 nitrogen and oxygen atoms in total. The van der Waals surface area contributed by atoms with Crippen LogP contribution in [0.4, 0.5) is 0 Å². The van der Waals surface area contributed by atoms with Gasteiger partial charge in [0.05, 0.1) is 5.92 Å². The number of carboxylic acid groups (broad SMARTS) is 1. The van der Waals surface area contributed by atoms with Gasteiger partial charge in [0.15, 0.2) is 0 Å². The largest absolute Gasteiger partial charge is 0.480 e. The SMILES string of the molecule is CCCC(CN)C(=O)N1CCN(C(C)C(=O)O)CC1. The zero-order valence-electron chi connectivity index (χ0n) is 11.8. The number of nitrogens with zero attached hydrogens (tertiary/aromatic N) is 2. The molecule has 1 aliphatic rings. The van der Waals surface area contributed by atoms with E-state index < -0.39 is 12.0 Å². The quantitative estimate of drug-likeness (QED) is 0.709. The van der Waals surface area contributed by atoms with Gasteiger partial charge >= 0.3 is 5.97 Å². The highest BCUT2D eigenvalue weighted by Crippen LogP contribution is 2.13. The second-order valence-corrected chi connectivity index (χ2v) is 5.10. The number of hydrogen-bond acceptors (Lipinski definition) is 4. The van der Waals surface area contributed by atoms with E-state index in [2.05, 4.69) is 0 Å². The number of carbonyl (C=O) groups is 2. The maximum Gasteiger partial charge on any atom is 0.320 e. The summed E-state index contributed by atoms with van der Waals surface area (Å²) in [6.07, 6.45) is 1.77. The van der Waals surface area contributed by atoms with Crippen molar-refractivity contribution in [3.8, 4) is 0 Å². The average molecular weight is 271 g/mol. The Bertz CT molecular complexity index is 314. The van der Waals surface area contributed by atoms with Gasteiger partial charge in [-0.3, -0.25) is 14.5 Å². The minimum atomic E-state index is -0.814. The zero-order valence-corrected chi connectivity index (χ0v) is 11.8.